The Labute approximate surface area is 200 Å². The molecule has 4 N–H and O–H groups in total. The quantitative estimate of drug-likeness (QED) is 0.264. The SMILES string of the molecule is O=C(O)c1ccc(C(=O)O)c(C(=O)Oc2ccc(OC(=O)c3cc(C(=O)O)ccc3C(=O)O)cc2)c1. The van der Waals surface area contributed by atoms with Crippen molar-refractivity contribution >= 4 is 35.8 Å². The molecule has 3 aromatic carbocycles. The van der Waals surface area contributed by atoms with Crippen LogP contribution in [-0.2, 0) is 0 Å². The number of carbonyl (C=O) groups is 6. The van der Waals surface area contributed by atoms with Crippen molar-refractivity contribution < 1.29 is 58.7 Å². The van der Waals surface area contributed by atoms with E-state index in [1.807, 2.05) is 0 Å². The van der Waals surface area contributed by atoms with Crippen LogP contribution < -0.4 is 9.47 Å². The third-order valence-corrected chi connectivity index (χ3v) is 4.68. The van der Waals surface area contributed by atoms with E-state index in [0.29, 0.717) is 0 Å². The predicted octanol–water partition coefficient (Wildman–Crippen LogP) is 2.92. The lowest BCUT2D eigenvalue weighted by Crippen LogP contribution is -2.16. The standard InChI is InChI=1S/C24H14O12/c25-19(26)11-1-7-15(21(29)30)17(9-11)23(33)35-13-3-5-14(6-4-13)36-24(34)18-10-12(20(27)28)2-8-16(18)22(31)32/h1-10H,(H,25,26)(H,27,28)(H,29,30)(H,31,32). The van der Waals surface area contributed by atoms with Crippen LogP contribution >= 0.6 is 0 Å². The molecular weight excluding hydrogens is 480 g/mol. The Bertz CT molecular complexity index is 1310. The first-order valence-corrected chi connectivity index (χ1v) is 9.73. The van der Waals surface area contributed by atoms with Crippen molar-refractivity contribution in [1.29, 1.82) is 0 Å². The van der Waals surface area contributed by atoms with Crippen LogP contribution in [0, 0.1) is 0 Å². The number of carboxylic acid groups (broad SMARTS) is 4. The minimum atomic E-state index is -1.48. The average Bonchev–Trinajstić information content (AvgIpc) is 2.84. The van der Waals surface area contributed by atoms with Crippen LogP contribution in [0.2, 0.25) is 0 Å². The molecule has 0 bridgehead atoms. The Kier molecular flexibility index (Phi) is 7.10. The largest absolute Gasteiger partial charge is 0.478 e. The van der Waals surface area contributed by atoms with Crippen molar-refractivity contribution in [3.05, 3.63) is 94.0 Å². The highest BCUT2D eigenvalue weighted by Gasteiger charge is 2.22. The summed E-state index contributed by atoms with van der Waals surface area (Å²) in [5.41, 5.74) is -2.62. The van der Waals surface area contributed by atoms with Crippen LogP contribution in [0.25, 0.3) is 0 Å². The van der Waals surface area contributed by atoms with Gasteiger partial charge in [0.05, 0.1) is 33.4 Å². The van der Waals surface area contributed by atoms with Crippen LogP contribution in [0.3, 0.4) is 0 Å². The van der Waals surface area contributed by atoms with E-state index in [9.17, 15) is 39.0 Å². The van der Waals surface area contributed by atoms with E-state index >= 15 is 0 Å². The average molecular weight is 494 g/mol. The van der Waals surface area contributed by atoms with E-state index in [4.69, 9.17) is 19.7 Å². The number of ether oxygens (including phenoxy) is 2. The van der Waals surface area contributed by atoms with E-state index < -0.39 is 58.1 Å². The van der Waals surface area contributed by atoms with Crippen molar-refractivity contribution in [3.8, 4) is 11.5 Å². The van der Waals surface area contributed by atoms with Gasteiger partial charge in [0.2, 0.25) is 0 Å². The summed E-state index contributed by atoms with van der Waals surface area (Å²) in [5, 5.41) is 36.7. The summed E-state index contributed by atoms with van der Waals surface area (Å²) in [6.07, 6.45) is 0. The molecule has 0 aromatic heterocycles. The van der Waals surface area contributed by atoms with Gasteiger partial charge in [0.15, 0.2) is 0 Å². The topological polar surface area (TPSA) is 202 Å². The molecule has 0 heterocycles. The van der Waals surface area contributed by atoms with Crippen LogP contribution in [0.1, 0.15) is 62.1 Å². The third-order valence-electron chi connectivity index (χ3n) is 4.68. The first-order chi connectivity index (χ1) is 17.0. The fourth-order valence-corrected chi connectivity index (χ4v) is 2.97. The predicted molar refractivity (Wildman–Crippen MR) is 117 cm³/mol. The van der Waals surface area contributed by atoms with Gasteiger partial charge < -0.3 is 29.9 Å². The van der Waals surface area contributed by atoms with Gasteiger partial charge in [-0.25, -0.2) is 28.8 Å². The Morgan fingerprint density at radius 3 is 1.06 bits per heavy atom. The Morgan fingerprint density at radius 2 is 0.778 bits per heavy atom. The molecule has 36 heavy (non-hydrogen) atoms. The molecule has 0 spiro atoms. The number of hydrogen-bond acceptors (Lipinski definition) is 8. The van der Waals surface area contributed by atoms with E-state index in [-0.39, 0.29) is 22.6 Å². The lowest BCUT2D eigenvalue weighted by molar-refractivity contribution is 0.0661. The maximum absolute atomic E-state index is 12.5. The van der Waals surface area contributed by atoms with Gasteiger partial charge in [-0.3, -0.25) is 0 Å². The molecule has 3 rings (SSSR count). The van der Waals surface area contributed by atoms with Gasteiger partial charge in [-0.05, 0) is 60.7 Å². The minimum Gasteiger partial charge on any atom is -0.478 e. The summed E-state index contributed by atoms with van der Waals surface area (Å²) >= 11 is 0. The molecule has 12 nitrogen and oxygen atoms in total. The lowest BCUT2D eigenvalue weighted by Gasteiger charge is -2.10. The number of rotatable bonds is 8. The number of esters is 2. The van der Waals surface area contributed by atoms with Gasteiger partial charge >= 0.3 is 35.8 Å². The second-order valence-electron chi connectivity index (χ2n) is 6.99. The number of carbonyl (C=O) groups excluding carboxylic acids is 2. The zero-order valence-electron chi connectivity index (χ0n) is 17.8. The van der Waals surface area contributed by atoms with E-state index in [1.165, 1.54) is 24.3 Å². The summed E-state index contributed by atoms with van der Waals surface area (Å²) in [6.45, 7) is 0. The molecular formula is C24H14O12. The molecule has 0 radical (unpaired) electrons. The van der Waals surface area contributed by atoms with E-state index in [0.717, 1.165) is 36.4 Å². The highest BCUT2D eigenvalue weighted by atomic mass is 16.5. The maximum atomic E-state index is 12.5. The van der Waals surface area contributed by atoms with Crippen molar-refractivity contribution in [3.63, 3.8) is 0 Å². The molecule has 182 valence electrons. The van der Waals surface area contributed by atoms with E-state index in [1.54, 1.807) is 0 Å². The molecule has 12 heteroatoms. The highest BCUT2D eigenvalue weighted by molar-refractivity contribution is 6.06. The van der Waals surface area contributed by atoms with Gasteiger partial charge in [-0.1, -0.05) is 0 Å². The van der Waals surface area contributed by atoms with Crippen molar-refractivity contribution in [2.24, 2.45) is 0 Å². The molecule has 0 atom stereocenters. The molecule has 0 fully saturated rings. The van der Waals surface area contributed by atoms with Gasteiger partial charge in [0.1, 0.15) is 11.5 Å². The van der Waals surface area contributed by atoms with Gasteiger partial charge in [0, 0.05) is 0 Å². The zero-order valence-corrected chi connectivity index (χ0v) is 17.8. The van der Waals surface area contributed by atoms with Gasteiger partial charge in [-0.15, -0.1) is 0 Å². The first-order valence-electron chi connectivity index (χ1n) is 9.73. The van der Waals surface area contributed by atoms with Gasteiger partial charge in [0.25, 0.3) is 0 Å². The highest BCUT2D eigenvalue weighted by Crippen LogP contribution is 2.22. The molecule has 0 saturated heterocycles. The first kappa shape index (κ1) is 25.1. The molecule has 0 aliphatic heterocycles. The second kappa shape index (κ2) is 10.2. The smallest absolute Gasteiger partial charge is 0.344 e. The third kappa shape index (κ3) is 5.51. The van der Waals surface area contributed by atoms with Crippen LogP contribution in [0.5, 0.6) is 11.5 Å². The summed E-state index contributed by atoms with van der Waals surface area (Å²) in [5.74, 6) is -8.26. The number of hydrogen-bond donors (Lipinski definition) is 4. The Morgan fingerprint density at radius 1 is 0.444 bits per heavy atom. The fraction of sp³-hybridized carbons (Fsp3) is 0. The summed E-state index contributed by atoms with van der Waals surface area (Å²) in [7, 11) is 0. The molecule has 0 saturated carbocycles. The fourth-order valence-electron chi connectivity index (χ4n) is 2.97. The molecule has 0 unspecified atom stereocenters. The second-order valence-corrected chi connectivity index (χ2v) is 6.99. The zero-order chi connectivity index (χ0) is 26.6. The summed E-state index contributed by atoms with van der Waals surface area (Å²) < 4.78 is 10.2. The number of benzene rings is 3. The normalized spacial score (nSPS) is 10.2. The number of carboxylic acids is 4. The molecule has 0 aliphatic rings. The minimum absolute atomic E-state index is 0.115. The van der Waals surface area contributed by atoms with Crippen LogP contribution in [-0.4, -0.2) is 56.2 Å². The van der Waals surface area contributed by atoms with Crippen molar-refractivity contribution in [2.45, 2.75) is 0 Å². The number of aromatic carboxylic acids is 4. The van der Waals surface area contributed by atoms with E-state index in [2.05, 4.69) is 0 Å². The maximum Gasteiger partial charge on any atom is 0.344 e. The summed E-state index contributed by atoms with van der Waals surface area (Å²) in [4.78, 5) is 70.0. The lowest BCUT2D eigenvalue weighted by atomic mass is 10.0. The Hall–Kier alpha value is -5.52. The Balaban J connectivity index is 1.80. The molecule has 0 amide bonds. The van der Waals surface area contributed by atoms with Gasteiger partial charge in [-0.2, -0.15) is 0 Å². The molecule has 3 aromatic rings. The van der Waals surface area contributed by atoms with Crippen LogP contribution in [0.15, 0.2) is 60.7 Å². The van der Waals surface area contributed by atoms with Crippen LogP contribution in [0.4, 0.5) is 0 Å². The monoisotopic (exact) mass is 494 g/mol. The molecule has 0 aliphatic carbocycles. The van der Waals surface area contributed by atoms with Crippen molar-refractivity contribution in [2.75, 3.05) is 0 Å². The van der Waals surface area contributed by atoms with Crippen molar-refractivity contribution in [1.82, 2.24) is 0 Å². The summed E-state index contributed by atoms with van der Waals surface area (Å²) in [6, 6.07) is 10.4.